The Balaban J connectivity index is 1.48. The van der Waals surface area contributed by atoms with Gasteiger partial charge in [0.2, 0.25) is 0 Å². The van der Waals surface area contributed by atoms with E-state index < -0.39 is 0 Å². The van der Waals surface area contributed by atoms with Crippen molar-refractivity contribution in [2.45, 2.75) is 0 Å². The molecule has 1 aliphatic rings. The summed E-state index contributed by atoms with van der Waals surface area (Å²) in [4.78, 5) is 15.7. The Morgan fingerprint density at radius 1 is 0.879 bits per heavy atom. The van der Waals surface area contributed by atoms with Crippen LogP contribution in [-0.2, 0) is 0 Å². The first-order valence-electron chi connectivity index (χ1n) is 11.0. The molecule has 0 saturated carbocycles. The number of carbonyl (C=O) groups excluding carboxylic acids is 1. The number of carbonyl (C=O) groups is 1. The average Bonchev–Trinajstić information content (AvgIpc) is 2.86. The van der Waals surface area contributed by atoms with Gasteiger partial charge >= 0.3 is 0 Å². The second-order valence-electron chi connectivity index (χ2n) is 7.95. The standard InChI is InChI=1S/C27H24ClN3O2/c28-20-8-10-21(11-9-20)33-22-12-13-26(31-16-14-29-15-17-31)25(18-22)30-27(32)24-7-3-5-19-4-1-2-6-23(19)24/h1-13,18,29H,14-17H2,(H,30,32). The van der Waals surface area contributed by atoms with E-state index >= 15 is 0 Å². The van der Waals surface area contributed by atoms with Crippen molar-refractivity contribution in [1.82, 2.24) is 5.32 Å². The lowest BCUT2D eigenvalue weighted by Crippen LogP contribution is -2.43. The van der Waals surface area contributed by atoms with Gasteiger partial charge in [-0.3, -0.25) is 4.79 Å². The summed E-state index contributed by atoms with van der Waals surface area (Å²) in [5, 5.41) is 9.14. The maximum Gasteiger partial charge on any atom is 0.256 e. The Kier molecular flexibility index (Phi) is 6.15. The number of hydrogen-bond donors (Lipinski definition) is 2. The van der Waals surface area contributed by atoms with Crippen molar-refractivity contribution in [3.05, 3.63) is 95.5 Å². The highest BCUT2D eigenvalue weighted by molar-refractivity contribution is 6.30. The molecule has 1 fully saturated rings. The van der Waals surface area contributed by atoms with Gasteiger partial charge in [0.25, 0.3) is 5.91 Å². The molecule has 1 heterocycles. The van der Waals surface area contributed by atoms with Gasteiger partial charge in [0.15, 0.2) is 0 Å². The van der Waals surface area contributed by atoms with E-state index in [4.69, 9.17) is 16.3 Å². The average molecular weight is 458 g/mol. The van der Waals surface area contributed by atoms with Crippen molar-refractivity contribution in [2.24, 2.45) is 0 Å². The zero-order valence-corrected chi connectivity index (χ0v) is 18.8. The normalized spacial score (nSPS) is 13.7. The van der Waals surface area contributed by atoms with Gasteiger partial charge in [-0.1, -0.05) is 48.0 Å². The van der Waals surface area contributed by atoms with Crippen LogP contribution in [0, 0.1) is 0 Å². The van der Waals surface area contributed by atoms with Crippen LogP contribution in [0.4, 0.5) is 11.4 Å². The number of anilines is 2. The number of amides is 1. The number of hydrogen-bond acceptors (Lipinski definition) is 4. The van der Waals surface area contributed by atoms with E-state index in [2.05, 4.69) is 15.5 Å². The Morgan fingerprint density at radius 2 is 1.61 bits per heavy atom. The first-order chi connectivity index (χ1) is 16.2. The van der Waals surface area contributed by atoms with E-state index in [-0.39, 0.29) is 5.91 Å². The number of benzene rings is 4. The van der Waals surface area contributed by atoms with Crippen molar-refractivity contribution in [1.29, 1.82) is 0 Å². The molecule has 6 heteroatoms. The molecular formula is C27H24ClN3O2. The maximum absolute atomic E-state index is 13.4. The van der Waals surface area contributed by atoms with Crippen molar-refractivity contribution in [2.75, 3.05) is 36.4 Å². The molecule has 4 aromatic carbocycles. The molecule has 4 aromatic rings. The van der Waals surface area contributed by atoms with Gasteiger partial charge < -0.3 is 20.3 Å². The van der Waals surface area contributed by atoms with Gasteiger partial charge in [-0.2, -0.15) is 0 Å². The molecule has 0 unspecified atom stereocenters. The molecule has 166 valence electrons. The molecule has 1 aliphatic heterocycles. The van der Waals surface area contributed by atoms with E-state index in [9.17, 15) is 4.79 Å². The van der Waals surface area contributed by atoms with Gasteiger partial charge in [0.1, 0.15) is 11.5 Å². The first-order valence-corrected chi connectivity index (χ1v) is 11.4. The van der Waals surface area contributed by atoms with Crippen LogP contribution in [0.25, 0.3) is 10.8 Å². The molecule has 0 spiro atoms. The zero-order chi connectivity index (χ0) is 22.6. The minimum atomic E-state index is -0.146. The lowest BCUT2D eigenvalue weighted by Gasteiger charge is -2.31. The van der Waals surface area contributed by atoms with Crippen molar-refractivity contribution in [3.63, 3.8) is 0 Å². The fourth-order valence-corrected chi connectivity index (χ4v) is 4.24. The number of nitrogens with zero attached hydrogens (tertiary/aromatic N) is 1. The Hall–Kier alpha value is -3.54. The summed E-state index contributed by atoms with van der Waals surface area (Å²) in [6, 6.07) is 26.7. The fraction of sp³-hybridized carbons (Fsp3) is 0.148. The summed E-state index contributed by atoms with van der Waals surface area (Å²) in [5.74, 6) is 1.18. The molecule has 1 amide bonds. The number of nitrogens with one attached hydrogen (secondary N) is 2. The molecule has 0 bridgehead atoms. The summed E-state index contributed by atoms with van der Waals surface area (Å²) in [7, 11) is 0. The quantitative estimate of drug-likeness (QED) is 0.389. The maximum atomic E-state index is 13.4. The zero-order valence-electron chi connectivity index (χ0n) is 18.1. The highest BCUT2D eigenvalue weighted by Gasteiger charge is 2.18. The minimum absolute atomic E-state index is 0.146. The van der Waals surface area contributed by atoms with E-state index in [1.165, 1.54) is 0 Å². The Bertz CT molecular complexity index is 1280. The molecule has 0 atom stereocenters. The molecule has 2 N–H and O–H groups in total. The molecule has 1 saturated heterocycles. The van der Waals surface area contributed by atoms with Crippen LogP contribution < -0.4 is 20.3 Å². The molecule has 0 aromatic heterocycles. The van der Waals surface area contributed by atoms with Crippen LogP contribution in [0.15, 0.2) is 84.9 Å². The first kappa shape index (κ1) is 21.3. The smallest absolute Gasteiger partial charge is 0.256 e. The number of fused-ring (bicyclic) bond motifs is 1. The predicted octanol–water partition coefficient (Wildman–Crippen LogP) is 5.95. The summed E-state index contributed by atoms with van der Waals surface area (Å²) in [5.41, 5.74) is 2.35. The lowest BCUT2D eigenvalue weighted by atomic mass is 10.0. The van der Waals surface area contributed by atoms with E-state index in [0.29, 0.717) is 22.1 Å². The summed E-state index contributed by atoms with van der Waals surface area (Å²) in [6.45, 7) is 3.54. The molecule has 0 aliphatic carbocycles. The molecule has 33 heavy (non-hydrogen) atoms. The van der Waals surface area contributed by atoms with Gasteiger partial charge in [-0.05, 0) is 53.2 Å². The van der Waals surface area contributed by atoms with Crippen molar-refractivity contribution < 1.29 is 9.53 Å². The summed E-state index contributed by atoms with van der Waals surface area (Å²) in [6.07, 6.45) is 0. The van der Waals surface area contributed by atoms with Crippen LogP contribution in [0.1, 0.15) is 10.4 Å². The van der Waals surface area contributed by atoms with Gasteiger partial charge in [-0.15, -0.1) is 0 Å². The molecular weight excluding hydrogens is 434 g/mol. The second kappa shape index (κ2) is 9.53. The third-order valence-corrected chi connectivity index (χ3v) is 6.01. The van der Waals surface area contributed by atoms with Gasteiger partial charge in [-0.25, -0.2) is 0 Å². The lowest BCUT2D eigenvalue weighted by molar-refractivity contribution is 0.102. The fourth-order valence-electron chi connectivity index (χ4n) is 4.11. The molecule has 5 rings (SSSR count). The predicted molar refractivity (Wildman–Crippen MR) is 135 cm³/mol. The van der Waals surface area contributed by atoms with Crippen LogP contribution in [0.3, 0.4) is 0 Å². The van der Waals surface area contributed by atoms with E-state index in [1.54, 1.807) is 12.1 Å². The van der Waals surface area contributed by atoms with Crippen molar-refractivity contribution in [3.8, 4) is 11.5 Å². The second-order valence-corrected chi connectivity index (χ2v) is 8.39. The van der Waals surface area contributed by atoms with Gasteiger partial charge in [0, 0.05) is 42.8 Å². The number of rotatable bonds is 5. The van der Waals surface area contributed by atoms with Crippen LogP contribution in [-0.4, -0.2) is 32.1 Å². The van der Waals surface area contributed by atoms with Crippen LogP contribution in [0.2, 0.25) is 5.02 Å². The van der Waals surface area contributed by atoms with E-state index in [1.807, 2.05) is 72.8 Å². The molecule has 0 radical (unpaired) electrons. The number of piperazine rings is 1. The Labute approximate surface area is 197 Å². The van der Waals surface area contributed by atoms with E-state index in [0.717, 1.165) is 48.3 Å². The topological polar surface area (TPSA) is 53.6 Å². The monoisotopic (exact) mass is 457 g/mol. The third kappa shape index (κ3) is 4.80. The Morgan fingerprint density at radius 3 is 2.42 bits per heavy atom. The van der Waals surface area contributed by atoms with Gasteiger partial charge in [0.05, 0.1) is 11.4 Å². The van der Waals surface area contributed by atoms with Crippen LogP contribution in [0.5, 0.6) is 11.5 Å². The molecule has 5 nitrogen and oxygen atoms in total. The summed E-state index contributed by atoms with van der Waals surface area (Å²) >= 11 is 5.99. The highest BCUT2D eigenvalue weighted by Crippen LogP contribution is 2.34. The largest absolute Gasteiger partial charge is 0.457 e. The highest BCUT2D eigenvalue weighted by atomic mass is 35.5. The van der Waals surface area contributed by atoms with Crippen LogP contribution >= 0.6 is 11.6 Å². The summed E-state index contributed by atoms with van der Waals surface area (Å²) < 4.78 is 6.03. The number of ether oxygens (including phenoxy) is 1. The van der Waals surface area contributed by atoms with Crippen molar-refractivity contribution >= 4 is 39.7 Å². The third-order valence-electron chi connectivity index (χ3n) is 5.76. The SMILES string of the molecule is O=C(Nc1cc(Oc2ccc(Cl)cc2)ccc1N1CCNCC1)c1cccc2ccccc12. The number of halogens is 1. The minimum Gasteiger partial charge on any atom is -0.457 e.